The van der Waals surface area contributed by atoms with E-state index in [1.807, 2.05) is 44.2 Å². The van der Waals surface area contributed by atoms with E-state index in [9.17, 15) is 4.79 Å². The first kappa shape index (κ1) is 18.2. The fourth-order valence-corrected chi connectivity index (χ4v) is 2.97. The first-order valence-electron chi connectivity index (χ1n) is 9.16. The van der Waals surface area contributed by atoms with Gasteiger partial charge in [-0.15, -0.1) is 0 Å². The second-order valence-electron chi connectivity index (χ2n) is 6.73. The van der Waals surface area contributed by atoms with E-state index in [4.69, 9.17) is 4.74 Å². The van der Waals surface area contributed by atoms with Gasteiger partial charge in [0.15, 0.2) is 6.61 Å². The quantitative estimate of drug-likeness (QED) is 0.864. The van der Waals surface area contributed by atoms with Crippen LogP contribution in [0.5, 0.6) is 5.75 Å². The summed E-state index contributed by atoms with van der Waals surface area (Å²) in [7, 11) is 0. The predicted octanol–water partition coefficient (Wildman–Crippen LogP) is 2.78. The van der Waals surface area contributed by atoms with E-state index in [0.29, 0.717) is 12.3 Å². The van der Waals surface area contributed by atoms with Crippen molar-refractivity contribution in [3.63, 3.8) is 0 Å². The van der Waals surface area contributed by atoms with Gasteiger partial charge in [-0.1, -0.05) is 17.7 Å². The Labute approximate surface area is 154 Å². The number of carbonyl (C=O) groups excluding carboxylic acids is 1. The highest BCUT2D eigenvalue weighted by atomic mass is 16.5. The van der Waals surface area contributed by atoms with Crippen molar-refractivity contribution >= 4 is 11.9 Å². The summed E-state index contributed by atoms with van der Waals surface area (Å²) < 4.78 is 5.50. The number of aromatic nitrogens is 2. The number of piperidine rings is 1. The fourth-order valence-electron chi connectivity index (χ4n) is 2.97. The largest absolute Gasteiger partial charge is 0.484 e. The molecule has 2 aromatic rings. The lowest BCUT2D eigenvalue weighted by molar-refractivity contribution is -0.123. The molecule has 1 aromatic heterocycles. The maximum Gasteiger partial charge on any atom is 0.258 e. The molecule has 0 unspecified atom stereocenters. The molecular weight excluding hydrogens is 328 g/mol. The number of nitrogens with one attached hydrogen (secondary N) is 1. The summed E-state index contributed by atoms with van der Waals surface area (Å²) in [5.41, 5.74) is 2.90. The number of hydrogen-bond acceptors (Lipinski definition) is 5. The van der Waals surface area contributed by atoms with Crippen LogP contribution in [0.1, 0.15) is 36.2 Å². The van der Waals surface area contributed by atoms with Crippen LogP contribution in [0, 0.1) is 13.8 Å². The average Bonchev–Trinajstić information content (AvgIpc) is 2.66. The van der Waals surface area contributed by atoms with Crippen LogP contribution in [0.4, 0.5) is 5.95 Å². The minimum absolute atomic E-state index is 0.00783. The van der Waals surface area contributed by atoms with E-state index in [1.54, 1.807) is 0 Å². The lowest BCUT2D eigenvalue weighted by Crippen LogP contribution is -2.32. The molecule has 1 aliphatic heterocycles. The maximum absolute atomic E-state index is 12.0. The van der Waals surface area contributed by atoms with Crippen molar-refractivity contribution in [2.75, 3.05) is 24.6 Å². The zero-order valence-corrected chi connectivity index (χ0v) is 15.5. The van der Waals surface area contributed by atoms with Crippen LogP contribution in [-0.4, -0.2) is 35.6 Å². The highest BCUT2D eigenvalue weighted by Gasteiger charge is 2.15. The number of benzene rings is 1. The van der Waals surface area contributed by atoms with Crippen molar-refractivity contribution in [2.45, 2.75) is 39.7 Å². The molecule has 3 rings (SSSR count). The van der Waals surface area contributed by atoms with E-state index in [1.165, 1.54) is 19.3 Å². The van der Waals surface area contributed by atoms with Crippen molar-refractivity contribution in [3.8, 4) is 5.75 Å². The third-order valence-corrected chi connectivity index (χ3v) is 4.39. The second kappa shape index (κ2) is 8.65. The first-order valence-corrected chi connectivity index (χ1v) is 9.16. The molecule has 0 radical (unpaired) electrons. The van der Waals surface area contributed by atoms with Crippen molar-refractivity contribution in [3.05, 3.63) is 47.3 Å². The molecule has 1 amide bonds. The standard InChI is InChI=1S/C20H26N4O2/c1-15-6-8-18(9-7-15)26-14-19(25)21-13-17-12-16(2)22-20(23-17)24-10-4-3-5-11-24/h6-9,12H,3-5,10-11,13-14H2,1-2H3,(H,21,25). The molecular formula is C20H26N4O2. The summed E-state index contributed by atoms with van der Waals surface area (Å²) in [6.45, 7) is 6.34. The topological polar surface area (TPSA) is 67.3 Å². The van der Waals surface area contributed by atoms with Gasteiger partial charge in [-0.2, -0.15) is 0 Å². The third-order valence-electron chi connectivity index (χ3n) is 4.39. The Morgan fingerprint density at radius 3 is 2.58 bits per heavy atom. The van der Waals surface area contributed by atoms with Gasteiger partial charge in [0.25, 0.3) is 5.91 Å². The third kappa shape index (κ3) is 5.18. The summed E-state index contributed by atoms with van der Waals surface area (Å²) in [4.78, 5) is 23.4. The minimum atomic E-state index is -0.165. The van der Waals surface area contributed by atoms with E-state index < -0.39 is 0 Å². The molecule has 1 N–H and O–H groups in total. The molecule has 1 aromatic carbocycles. The van der Waals surface area contributed by atoms with Crippen LogP contribution < -0.4 is 15.0 Å². The Bertz CT molecular complexity index is 740. The van der Waals surface area contributed by atoms with Gasteiger partial charge in [0.1, 0.15) is 5.75 Å². The van der Waals surface area contributed by atoms with Gasteiger partial charge in [0.2, 0.25) is 5.95 Å². The fraction of sp³-hybridized carbons (Fsp3) is 0.450. The molecule has 0 saturated carbocycles. The minimum Gasteiger partial charge on any atom is -0.484 e. The molecule has 0 atom stereocenters. The number of anilines is 1. The van der Waals surface area contributed by atoms with Crippen LogP contribution in [0.25, 0.3) is 0 Å². The van der Waals surface area contributed by atoms with Crippen LogP contribution >= 0.6 is 0 Å². The van der Waals surface area contributed by atoms with Crippen LogP contribution in [0.2, 0.25) is 0 Å². The molecule has 26 heavy (non-hydrogen) atoms. The van der Waals surface area contributed by atoms with E-state index in [-0.39, 0.29) is 12.5 Å². The molecule has 2 heterocycles. The number of rotatable bonds is 6. The predicted molar refractivity (Wildman–Crippen MR) is 101 cm³/mol. The van der Waals surface area contributed by atoms with Gasteiger partial charge in [0, 0.05) is 18.8 Å². The van der Waals surface area contributed by atoms with Gasteiger partial charge in [0.05, 0.1) is 12.2 Å². The highest BCUT2D eigenvalue weighted by molar-refractivity contribution is 5.77. The number of carbonyl (C=O) groups is 1. The van der Waals surface area contributed by atoms with Crippen LogP contribution in [-0.2, 0) is 11.3 Å². The Hall–Kier alpha value is -2.63. The van der Waals surface area contributed by atoms with Gasteiger partial charge in [-0.25, -0.2) is 9.97 Å². The summed E-state index contributed by atoms with van der Waals surface area (Å²) in [6, 6.07) is 9.55. The van der Waals surface area contributed by atoms with Crippen molar-refractivity contribution in [1.82, 2.24) is 15.3 Å². The van der Waals surface area contributed by atoms with Crippen molar-refractivity contribution < 1.29 is 9.53 Å². The molecule has 0 spiro atoms. The molecule has 6 heteroatoms. The van der Waals surface area contributed by atoms with Gasteiger partial charge < -0.3 is 15.0 Å². The van der Waals surface area contributed by atoms with Crippen LogP contribution in [0.3, 0.4) is 0 Å². The highest BCUT2D eigenvalue weighted by Crippen LogP contribution is 2.16. The molecule has 0 aliphatic carbocycles. The molecule has 138 valence electrons. The Morgan fingerprint density at radius 1 is 1.12 bits per heavy atom. The average molecular weight is 354 g/mol. The summed E-state index contributed by atoms with van der Waals surface area (Å²) in [5.74, 6) is 1.29. The van der Waals surface area contributed by atoms with Crippen LogP contribution in [0.15, 0.2) is 30.3 Å². The zero-order valence-electron chi connectivity index (χ0n) is 15.5. The Kier molecular flexibility index (Phi) is 6.04. The smallest absolute Gasteiger partial charge is 0.258 e. The van der Waals surface area contributed by atoms with E-state index >= 15 is 0 Å². The molecule has 1 fully saturated rings. The van der Waals surface area contributed by atoms with Gasteiger partial charge in [-0.05, 0) is 51.3 Å². The molecule has 0 bridgehead atoms. The van der Waals surface area contributed by atoms with Gasteiger partial charge >= 0.3 is 0 Å². The molecule has 1 saturated heterocycles. The zero-order chi connectivity index (χ0) is 18.4. The maximum atomic E-state index is 12.0. The summed E-state index contributed by atoms with van der Waals surface area (Å²) in [5, 5.41) is 2.87. The van der Waals surface area contributed by atoms with E-state index in [2.05, 4.69) is 20.2 Å². The SMILES string of the molecule is Cc1ccc(OCC(=O)NCc2cc(C)nc(N3CCCCC3)n2)cc1. The van der Waals surface area contributed by atoms with Gasteiger partial charge in [-0.3, -0.25) is 4.79 Å². The van der Waals surface area contributed by atoms with Crippen molar-refractivity contribution in [2.24, 2.45) is 0 Å². The second-order valence-corrected chi connectivity index (χ2v) is 6.73. The molecule has 6 nitrogen and oxygen atoms in total. The number of ether oxygens (including phenoxy) is 1. The number of amides is 1. The Balaban J connectivity index is 1.52. The lowest BCUT2D eigenvalue weighted by atomic mass is 10.1. The summed E-state index contributed by atoms with van der Waals surface area (Å²) in [6.07, 6.45) is 3.63. The van der Waals surface area contributed by atoms with E-state index in [0.717, 1.165) is 36.0 Å². The van der Waals surface area contributed by atoms with Crippen molar-refractivity contribution in [1.29, 1.82) is 0 Å². The normalized spacial score (nSPS) is 14.2. The number of hydrogen-bond donors (Lipinski definition) is 1. The molecule has 1 aliphatic rings. The number of aryl methyl sites for hydroxylation is 2. The number of nitrogens with zero attached hydrogens (tertiary/aromatic N) is 3. The monoisotopic (exact) mass is 354 g/mol. The Morgan fingerprint density at radius 2 is 1.85 bits per heavy atom. The first-order chi connectivity index (χ1) is 12.6. The lowest BCUT2D eigenvalue weighted by Gasteiger charge is -2.27. The summed E-state index contributed by atoms with van der Waals surface area (Å²) >= 11 is 0.